The van der Waals surface area contributed by atoms with Crippen molar-refractivity contribution in [3.8, 4) is 0 Å². The highest BCUT2D eigenvalue weighted by atomic mass is 35.5. The van der Waals surface area contributed by atoms with Crippen molar-refractivity contribution < 1.29 is 9.90 Å². The van der Waals surface area contributed by atoms with Gasteiger partial charge in [-0.3, -0.25) is 4.79 Å². The van der Waals surface area contributed by atoms with E-state index in [-0.39, 0.29) is 5.25 Å². The van der Waals surface area contributed by atoms with Crippen LogP contribution in [-0.2, 0) is 4.79 Å². The van der Waals surface area contributed by atoms with Gasteiger partial charge in [0.25, 0.3) is 0 Å². The minimum atomic E-state index is -1.00. The van der Waals surface area contributed by atoms with Crippen LogP contribution in [0.4, 0.5) is 0 Å². The first-order valence-electron chi connectivity index (χ1n) is 6.58. The molecule has 0 aliphatic heterocycles. The molecular weight excluding hydrogens is 341 g/mol. The highest BCUT2D eigenvalue weighted by molar-refractivity contribution is 7.99. The molecule has 0 bridgehead atoms. The van der Waals surface area contributed by atoms with E-state index in [4.69, 9.17) is 34.0 Å². The molecule has 6 heteroatoms. The Hall–Kier alpha value is -1.20. The van der Waals surface area contributed by atoms with E-state index in [0.29, 0.717) is 15.8 Å². The number of benzene rings is 2. The number of carboxylic acid groups (broad SMARTS) is 1. The molecule has 0 saturated heterocycles. The van der Waals surface area contributed by atoms with Gasteiger partial charge in [0.15, 0.2) is 0 Å². The molecule has 0 saturated carbocycles. The Bertz CT molecular complexity index is 586. The van der Waals surface area contributed by atoms with Crippen molar-refractivity contribution in [3.05, 3.63) is 69.7 Å². The number of nitrogens with two attached hydrogens (primary N) is 1. The average Bonchev–Trinajstić information content (AvgIpc) is 2.50. The lowest BCUT2D eigenvalue weighted by Gasteiger charge is -2.19. The smallest absolute Gasteiger partial charge is 0.321 e. The lowest BCUT2D eigenvalue weighted by molar-refractivity contribution is -0.137. The molecule has 0 fully saturated rings. The van der Waals surface area contributed by atoms with Crippen LogP contribution in [0.5, 0.6) is 0 Å². The summed E-state index contributed by atoms with van der Waals surface area (Å²) in [6.07, 6.45) is 0. The summed E-state index contributed by atoms with van der Waals surface area (Å²) in [7, 11) is 0. The van der Waals surface area contributed by atoms with Gasteiger partial charge in [0.2, 0.25) is 0 Å². The van der Waals surface area contributed by atoms with Crippen LogP contribution in [0, 0.1) is 0 Å². The van der Waals surface area contributed by atoms with Crippen LogP contribution in [0.1, 0.15) is 16.4 Å². The fourth-order valence-electron chi connectivity index (χ4n) is 1.93. The summed E-state index contributed by atoms with van der Waals surface area (Å²) in [6, 6.07) is 14.1. The monoisotopic (exact) mass is 355 g/mol. The van der Waals surface area contributed by atoms with Gasteiger partial charge in [-0.2, -0.15) is 0 Å². The van der Waals surface area contributed by atoms with Crippen molar-refractivity contribution in [2.24, 2.45) is 5.73 Å². The lowest BCUT2D eigenvalue weighted by Crippen LogP contribution is -2.32. The molecule has 1 atom stereocenters. The van der Waals surface area contributed by atoms with Crippen LogP contribution in [-0.4, -0.2) is 22.9 Å². The highest BCUT2D eigenvalue weighted by Crippen LogP contribution is 2.36. The number of aliphatic carboxylic acids is 1. The Labute approximate surface area is 143 Å². The molecule has 1 unspecified atom stereocenters. The zero-order valence-electron chi connectivity index (χ0n) is 11.6. The first-order valence-corrected chi connectivity index (χ1v) is 8.39. The van der Waals surface area contributed by atoms with Gasteiger partial charge in [-0.05, 0) is 35.4 Å². The average molecular weight is 356 g/mol. The quantitative estimate of drug-likeness (QED) is 0.813. The number of hydrogen-bond donors (Lipinski definition) is 2. The van der Waals surface area contributed by atoms with Crippen LogP contribution in [0.3, 0.4) is 0 Å². The molecule has 3 nitrogen and oxygen atoms in total. The minimum Gasteiger partial charge on any atom is -0.480 e. The number of rotatable bonds is 6. The van der Waals surface area contributed by atoms with E-state index in [1.54, 1.807) is 0 Å². The third-order valence-electron chi connectivity index (χ3n) is 3.11. The van der Waals surface area contributed by atoms with Crippen molar-refractivity contribution in [3.63, 3.8) is 0 Å². The van der Waals surface area contributed by atoms with Gasteiger partial charge < -0.3 is 10.8 Å². The standard InChI is InChI=1S/C16H15Cl2NO2S/c17-12-5-1-10(2-6-12)15(22-9-14(19)16(20)21)11-3-7-13(18)8-4-11/h1-8,14-15H,9,19H2,(H,20,21). The van der Waals surface area contributed by atoms with Crippen LogP contribution < -0.4 is 5.73 Å². The minimum absolute atomic E-state index is 0.0278. The molecule has 0 aliphatic carbocycles. The van der Waals surface area contributed by atoms with Crippen LogP contribution >= 0.6 is 35.0 Å². The van der Waals surface area contributed by atoms with Gasteiger partial charge in [-0.15, -0.1) is 11.8 Å². The van der Waals surface area contributed by atoms with Crippen molar-refractivity contribution in [1.82, 2.24) is 0 Å². The van der Waals surface area contributed by atoms with Gasteiger partial charge in [0.1, 0.15) is 6.04 Å². The number of halogens is 2. The predicted molar refractivity (Wildman–Crippen MR) is 92.8 cm³/mol. The van der Waals surface area contributed by atoms with Gasteiger partial charge >= 0.3 is 5.97 Å². The molecule has 0 radical (unpaired) electrons. The molecule has 0 spiro atoms. The maximum atomic E-state index is 10.9. The molecule has 2 rings (SSSR count). The largest absolute Gasteiger partial charge is 0.480 e. The molecule has 0 aliphatic rings. The van der Waals surface area contributed by atoms with E-state index < -0.39 is 12.0 Å². The predicted octanol–water partition coefficient (Wildman–Crippen LogP) is 4.23. The van der Waals surface area contributed by atoms with Crippen molar-refractivity contribution >= 4 is 40.9 Å². The SMILES string of the molecule is NC(CSC(c1ccc(Cl)cc1)c1ccc(Cl)cc1)C(=O)O. The Balaban J connectivity index is 2.25. The summed E-state index contributed by atoms with van der Waals surface area (Å²) < 4.78 is 0. The summed E-state index contributed by atoms with van der Waals surface area (Å²) in [6.45, 7) is 0. The van der Waals surface area contributed by atoms with Crippen molar-refractivity contribution in [1.29, 1.82) is 0 Å². The second-order valence-electron chi connectivity index (χ2n) is 4.76. The lowest BCUT2D eigenvalue weighted by atomic mass is 10.0. The Morgan fingerprint density at radius 2 is 1.41 bits per heavy atom. The fourth-order valence-corrected chi connectivity index (χ4v) is 3.42. The van der Waals surface area contributed by atoms with E-state index >= 15 is 0 Å². The number of carboxylic acids is 1. The van der Waals surface area contributed by atoms with E-state index in [2.05, 4.69) is 0 Å². The second-order valence-corrected chi connectivity index (χ2v) is 6.77. The number of thioether (sulfide) groups is 1. The fraction of sp³-hybridized carbons (Fsp3) is 0.188. The van der Waals surface area contributed by atoms with Crippen LogP contribution in [0.15, 0.2) is 48.5 Å². The van der Waals surface area contributed by atoms with Gasteiger partial charge in [-0.1, -0.05) is 47.5 Å². The third kappa shape index (κ3) is 4.65. The van der Waals surface area contributed by atoms with E-state index in [9.17, 15) is 4.79 Å². The highest BCUT2D eigenvalue weighted by Gasteiger charge is 2.19. The summed E-state index contributed by atoms with van der Waals surface area (Å²) in [5.74, 6) is -0.691. The molecule has 2 aromatic carbocycles. The topological polar surface area (TPSA) is 63.3 Å². The maximum Gasteiger partial charge on any atom is 0.321 e. The third-order valence-corrected chi connectivity index (χ3v) is 5.04. The zero-order valence-corrected chi connectivity index (χ0v) is 13.9. The van der Waals surface area contributed by atoms with Crippen molar-refractivity contribution in [2.45, 2.75) is 11.3 Å². The van der Waals surface area contributed by atoms with Gasteiger partial charge in [0.05, 0.1) is 5.25 Å². The summed E-state index contributed by atoms with van der Waals surface area (Å²) in [5.41, 5.74) is 7.68. The summed E-state index contributed by atoms with van der Waals surface area (Å²) in [4.78, 5) is 10.9. The molecule has 22 heavy (non-hydrogen) atoms. The molecule has 2 aromatic rings. The summed E-state index contributed by atoms with van der Waals surface area (Å²) in [5, 5.41) is 10.2. The van der Waals surface area contributed by atoms with Crippen LogP contribution in [0.2, 0.25) is 10.0 Å². The van der Waals surface area contributed by atoms with Crippen LogP contribution in [0.25, 0.3) is 0 Å². The normalized spacial score (nSPS) is 12.4. The van der Waals surface area contributed by atoms with Gasteiger partial charge in [0, 0.05) is 15.8 Å². The molecule has 116 valence electrons. The Morgan fingerprint density at radius 1 is 1.00 bits per heavy atom. The number of hydrogen-bond acceptors (Lipinski definition) is 3. The van der Waals surface area contributed by atoms with Gasteiger partial charge in [-0.25, -0.2) is 0 Å². The first kappa shape index (κ1) is 17.2. The van der Waals surface area contributed by atoms with E-state index in [1.807, 2.05) is 48.5 Å². The number of carbonyl (C=O) groups is 1. The van der Waals surface area contributed by atoms with E-state index in [0.717, 1.165) is 11.1 Å². The van der Waals surface area contributed by atoms with E-state index in [1.165, 1.54) is 11.8 Å². The Kier molecular flexibility index (Phi) is 6.15. The van der Waals surface area contributed by atoms with Crippen molar-refractivity contribution in [2.75, 3.05) is 5.75 Å². The maximum absolute atomic E-state index is 10.9. The molecule has 3 N–H and O–H groups in total. The molecule has 0 heterocycles. The first-order chi connectivity index (χ1) is 10.5. The zero-order chi connectivity index (χ0) is 16.1. The Morgan fingerprint density at radius 3 is 1.77 bits per heavy atom. The molecule has 0 amide bonds. The second kappa shape index (κ2) is 7.88. The molecule has 0 aromatic heterocycles. The summed E-state index contributed by atoms with van der Waals surface area (Å²) >= 11 is 13.3. The molecular formula is C16H15Cl2NO2S.